The Hall–Kier alpha value is -1.45. The Morgan fingerprint density at radius 1 is 1.23 bits per heavy atom. The predicted molar refractivity (Wildman–Crippen MR) is 122 cm³/mol. The van der Waals surface area contributed by atoms with E-state index in [9.17, 15) is 13.2 Å². The molecule has 0 spiro atoms. The van der Waals surface area contributed by atoms with E-state index in [2.05, 4.69) is 18.4 Å². The van der Waals surface area contributed by atoms with E-state index in [1.165, 1.54) is 26.9 Å². The normalized spacial score (nSPS) is 24.8. The van der Waals surface area contributed by atoms with Crippen molar-refractivity contribution in [3.63, 3.8) is 0 Å². The predicted octanol–water partition coefficient (Wildman–Crippen LogP) is 4.35. The third-order valence-corrected chi connectivity index (χ3v) is 9.23. The summed E-state index contributed by atoms with van der Waals surface area (Å²) in [6, 6.07) is 6.64. The van der Waals surface area contributed by atoms with Crippen molar-refractivity contribution in [1.29, 1.82) is 0 Å². The Morgan fingerprint density at radius 2 is 1.94 bits per heavy atom. The molecule has 1 saturated heterocycles. The number of rotatable bonds is 4. The number of amides is 1. The van der Waals surface area contributed by atoms with Gasteiger partial charge < -0.3 is 9.64 Å². The van der Waals surface area contributed by atoms with E-state index in [1.807, 2.05) is 18.7 Å². The monoisotopic (exact) mass is 482 g/mol. The molecule has 1 aromatic carbocycles. The third kappa shape index (κ3) is 4.28. The molecule has 0 unspecified atom stereocenters. The van der Waals surface area contributed by atoms with Crippen molar-refractivity contribution in [3.8, 4) is 0 Å². The lowest BCUT2D eigenvalue weighted by Gasteiger charge is -2.36. The van der Waals surface area contributed by atoms with Crippen LogP contribution >= 0.6 is 22.9 Å². The highest BCUT2D eigenvalue weighted by Gasteiger charge is 2.35. The van der Waals surface area contributed by atoms with E-state index in [0.29, 0.717) is 12.1 Å². The van der Waals surface area contributed by atoms with Crippen LogP contribution in [0, 0.1) is 0 Å². The van der Waals surface area contributed by atoms with Crippen LogP contribution in [0.25, 0.3) is 0 Å². The number of morpholine rings is 1. The molecule has 6 nitrogen and oxygen atoms in total. The summed E-state index contributed by atoms with van der Waals surface area (Å²) in [7, 11) is -3.85. The molecule has 3 heterocycles. The summed E-state index contributed by atoms with van der Waals surface area (Å²) in [6.07, 6.45) is 1.20. The van der Waals surface area contributed by atoms with Crippen molar-refractivity contribution in [1.82, 2.24) is 9.21 Å². The van der Waals surface area contributed by atoms with Crippen LogP contribution < -0.4 is 0 Å². The molecule has 1 fully saturated rings. The fraction of sp³-hybridized carbons (Fsp3) is 0.500. The van der Waals surface area contributed by atoms with Crippen LogP contribution in [0.15, 0.2) is 34.5 Å². The Labute approximate surface area is 192 Å². The van der Waals surface area contributed by atoms with Crippen molar-refractivity contribution in [3.05, 3.63) is 50.7 Å². The van der Waals surface area contributed by atoms with Gasteiger partial charge in [-0.3, -0.25) is 4.79 Å². The number of halogens is 1. The van der Waals surface area contributed by atoms with Gasteiger partial charge in [-0.05, 0) is 61.9 Å². The largest absolute Gasteiger partial charge is 0.373 e. The maximum absolute atomic E-state index is 13.4. The number of benzene rings is 1. The lowest BCUT2D eigenvalue weighted by atomic mass is 9.97. The van der Waals surface area contributed by atoms with Gasteiger partial charge in [0.1, 0.15) is 4.90 Å². The van der Waals surface area contributed by atoms with E-state index in [0.717, 1.165) is 12.8 Å². The number of sulfonamides is 1. The van der Waals surface area contributed by atoms with Crippen molar-refractivity contribution in [2.45, 2.75) is 56.8 Å². The minimum absolute atomic E-state index is 0.000761. The maximum atomic E-state index is 13.4. The molecule has 31 heavy (non-hydrogen) atoms. The zero-order valence-corrected chi connectivity index (χ0v) is 20.3. The summed E-state index contributed by atoms with van der Waals surface area (Å²) in [5.41, 5.74) is 1.54. The van der Waals surface area contributed by atoms with Gasteiger partial charge in [-0.25, -0.2) is 8.42 Å². The summed E-state index contributed by atoms with van der Waals surface area (Å²) in [6.45, 7) is 6.89. The topological polar surface area (TPSA) is 66.9 Å². The number of ether oxygens (including phenoxy) is 1. The van der Waals surface area contributed by atoms with Crippen LogP contribution in [-0.2, 0) is 21.2 Å². The van der Waals surface area contributed by atoms with E-state index >= 15 is 0 Å². The van der Waals surface area contributed by atoms with Crippen molar-refractivity contribution in [2.75, 3.05) is 19.6 Å². The fourth-order valence-electron chi connectivity index (χ4n) is 4.55. The molecule has 2 aliphatic rings. The minimum atomic E-state index is -3.85. The number of hydrogen-bond donors (Lipinski definition) is 0. The zero-order chi connectivity index (χ0) is 22.3. The molecule has 1 amide bonds. The Morgan fingerprint density at radius 3 is 2.61 bits per heavy atom. The summed E-state index contributed by atoms with van der Waals surface area (Å²) in [4.78, 5) is 16.6. The summed E-state index contributed by atoms with van der Waals surface area (Å²) in [5.74, 6) is -0.166. The minimum Gasteiger partial charge on any atom is -0.373 e. The van der Waals surface area contributed by atoms with Crippen LogP contribution in [0.3, 0.4) is 0 Å². The van der Waals surface area contributed by atoms with E-state index in [1.54, 1.807) is 17.4 Å². The molecule has 3 atom stereocenters. The highest BCUT2D eigenvalue weighted by Crippen LogP contribution is 2.36. The molecule has 0 aliphatic carbocycles. The zero-order valence-electron chi connectivity index (χ0n) is 17.9. The third-order valence-electron chi connectivity index (χ3n) is 5.92. The number of nitrogens with zero attached hydrogens (tertiary/aromatic N) is 2. The standard InChI is InChI=1S/C22H27ClN2O4S2/c1-4-19-17-8-10-30-20(17)7-9-25(19)22(26)16-5-6-18(23)21(11-16)31(27,28)24-12-14(2)29-15(3)13-24/h5-6,8,10-11,14-15,19H,4,7,9,12-13H2,1-3H3/t14-,15+,19-/m1/s1. The second-order valence-electron chi connectivity index (χ2n) is 8.20. The van der Waals surface area contributed by atoms with Crippen LogP contribution in [0.5, 0.6) is 0 Å². The number of fused-ring (bicyclic) bond motifs is 1. The Bertz CT molecular complexity index is 1070. The first-order valence-corrected chi connectivity index (χ1v) is 13.2. The molecule has 0 bridgehead atoms. The van der Waals surface area contributed by atoms with Gasteiger partial charge >= 0.3 is 0 Å². The van der Waals surface area contributed by atoms with Crippen LogP contribution in [-0.4, -0.2) is 55.4 Å². The molecule has 0 radical (unpaired) electrons. The van der Waals surface area contributed by atoms with Gasteiger partial charge in [0.2, 0.25) is 10.0 Å². The highest BCUT2D eigenvalue weighted by molar-refractivity contribution is 7.89. The Balaban J connectivity index is 1.66. The van der Waals surface area contributed by atoms with Gasteiger partial charge in [-0.2, -0.15) is 4.31 Å². The summed E-state index contributed by atoms with van der Waals surface area (Å²) < 4.78 is 33.8. The van der Waals surface area contributed by atoms with E-state index < -0.39 is 10.0 Å². The van der Waals surface area contributed by atoms with Gasteiger partial charge in [0, 0.05) is 30.1 Å². The maximum Gasteiger partial charge on any atom is 0.254 e. The van der Waals surface area contributed by atoms with Crippen molar-refractivity contribution < 1.29 is 17.9 Å². The smallest absolute Gasteiger partial charge is 0.254 e. The van der Waals surface area contributed by atoms with Crippen molar-refractivity contribution >= 4 is 38.9 Å². The number of carbonyl (C=O) groups is 1. The first kappa shape index (κ1) is 22.7. The fourth-order valence-corrected chi connectivity index (χ4v) is 7.56. The second kappa shape index (κ2) is 8.83. The lowest BCUT2D eigenvalue weighted by Crippen LogP contribution is -2.48. The van der Waals surface area contributed by atoms with E-state index in [4.69, 9.17) is 16.3 Å². The molecule has 0 N–H and O–H groups in total. The first-order valence-electron chi connectivity index (χ1n) is 10.5. The highest BCUT2D eigenvalue weighted by atomic mass is 35.5. The van der Waals surface area contributed by atoms with Crippen LogP contribution in [0.2, 0.25) is 5.02 Å². The molecule has 4 rings (SSSR count). The SMILES string of the molecule is CC[C@@H]1c2ccsc2CCN1C(=O)c1ccc(Cl)c(S(=O)(=O)N2C[C@@H](C)O[C@@H](C)C2)c1. The van der Waals surface area contributed by atoms with Gasteiger partial charge in [-0.15, -0.1) is 11.3 Å². The lowest BCUT2D eigenvalue weighted by molar-refractivity contribution is -0.0440. The second-order valence-corrected chi connectivity index (χ2v) is 11.5. The molecule has 1 aromatic heterocycles. The van der Waals surface area contributed by atoms with Gasteiger partial charge in [-0.1, -0.05) is 18.5 Å². The molecule has 9 heteroatoms. The number of thiophene rings is 1. The average molecular weight is 483 g/mol. The van der Waals surface area contributed by atoms with Crippen LogP contribution in [0.1, 0.15) is 54.0 Å². The molecular weight excluding hydrogens is 456 g/mol. The van der Waals surface area contributed by atoms with Gasteiger partial charge in [0.05, 0.1) is 23.3 Å². The molecule has 168 valence electrons. The summed E-state index contributed by atoms with van der Waals surface area (Å²) in [5, 5.41) is 2.19. The van der Waals surface area contributed by atoms with Gasteiger partial charge in [0.15, 0.2) is 0 Å². The first-order chi connectivity index (χ1) is 14.7. The number of hydrogen-bond acceptors (Lipinski definition) is 5. The molecule has 2 aromatic rings. The van der Waals surface area contributed by atoms with E-state index in [-0.39, 0.29) is 47.2 Å². The Kier molecular flexibility index (Phi) is 6.47. The quantitative estimate of drug-likeness (QED) is 0.649. The number of carbonyl (C=O) groups excluding carboxylic acids is 1. The molecule has 0 saturated carbocycles. The van der Waals surface area contributed by atoms with Crippen molar-refractivity contribution in [2.24, 2.45) is 0 Å². The molecular formula is C22H27ClN2O4S2. The summed E-state index contributed by atoms with van der Waals surface area (Å²) >= 11 is 8.04. The van der Waals surface area contributed by atoms with Gasteiger partial charge in [0.25, 0.3) is 5.91 Å². The van der Waals surface area contributed by atoms with Crippen LogP contribution in [0.4, 0.5) is 0 Å². The molecule has 2 aliphatic heterocycles. The average Bonchev–Trinajstić information content (AvgIpc) is 3.21.